The van der Waals surface area contributed by atoms with E-state index < -0.39 is 11.6 Å². The van der Waals surface area contributed by atoms with Crippen LogP contribution in [-0.2, 0) is 6.54 Å². The molecule has 94 valence electrons. The van der Waals surface area contributed by atoms with Gasteiger partial charge in [0.1, 0.15) is 11.6 Å². The molecule has 1 N–H and O–H groups in total. The van der Waals surface area contributed by atoms with Crippen molar-refractivity contribution in [2.24, 2.45) is 0 Å². The Morgan fingerprint density at radius 2 is 1.78 bits per heavy atom. The molecule has 0 radical (unpaired) electrons. The van der Waals surface area contributed by atoms with Crippen LogP contribution in [0.25, 0.3) is 0 Å². The van der Waals surface area contributed by atoms with Gasteiger partial charge < -0.3 is 5.32 Å². The number of hydrogen-bond donors (Lipinski definition) is 1. The normalized spacial score (nSPS) is 10.4. The van der Waals surface area contributed by atoms with Crippen LogP contribution in [0.5, 0.6) is 0 Å². The van der Waals surface area contributed by atoms with E-state index in [4.69, 9.17) is 23.2 Å². The van der Waals surface area contributed by atoms with E-state index in [0.717, 1.165) is 0 Å². The van der Waals surface area contributed by atoms with Crippen molar-refractivity contribution >= 4 is 28.9 Å². The van der Waals surface area contributed by atoms with Crippen molar-refractivity contribution in [3.05, 3.63) is 63.6 Å². The monoisotopic (exact) mass is 287 g/mol. The van der Waals surface area contributed by atoms with Crippen LogP contribution in [0.2, 0.25) is 10.0 Å². The van der Waals surface area contributed by atoms with Gasteiger partial charge in [0, 0.05) is 12.1 Å². The predicted molar refractivity (Wildman–Crippen MR) is 70.1 cm³/mol. The van der Waals surface area contributed by atoms with Gasteiger partial charge >= 0.3 is 0 Å². The predicted octanol–water partition coefficient (Wildman–Crippen LogP) is 4.88. The fraction of sp³-hybridized carbons (Fsp3) is 0.0769. The molecular formula is C13H9Cl2F2N. The molecule has 5 heteroatoms. The number of halogens is 4. The first kappa shape index (κ1) is 13.1. The third-order valence-corrected chi connectivity index (χ3v) is 3.05. The Hall–Kier alpha value is -1.32. The average Bonchev–Trinajstić information content (AvgIpc) is 2.35. The second kappa shape index (κ2) is 5.55. The molecule has 0 aliphatic carbocycles. The van der Waals surface area contributed by atoms with E-state index in [-0.39, 0.29) is 11.6 Å². The topological polar surface area (TPSA) is 12.0 Å². The fourth-order valence-electron chi connectivity index (χ4n) is 1.51. The summed E-state index contributed by atoms with van der Waals surface area (Å²) in [5, 5.41) is 3.30. The first-order valence-corrected chi connectivity index (χ1v) is 5.95. The maximum absolute atomic E-state index is 13.6. The molecule has 0 spiro atoms. The molecule has 18 heavy (non-hydrogen) atoms. The van der Waals surface area contributed by atoms with Gasteiger partial charge in [-0.25, -0.2) is 8.78 Å². The first-order chi connectivity index (χ1) is 8.58. The summed E-state index contributed by atoms with van der Waals surface area (Å²) >= 11 is 11.5. The molecule has 0 bridgehead atoms. The highest BCUT2D eigenvalue weighted by molar-refractivity contribution is 6.33. The minimum absolute atomic E-state index is 0.0552. The third kappa shape index (κ3) is 2.92. The smallest absolute Gasteiger partial charge is 0.146 e. The molecule has 2 aromatic carbocycles. The van der Waals surface area contributed by atoms with E-state index in [1.54, 1.807) is 12.1 Å². The molecule has 0 saturated carbocycles. The fourth-order valence-corrected chi connectivity index (χ4v) is 1.89. The Balaban J connectivity index is 2.16. The summed E-state index contributed by atoms with van der Waals surface area (Å²) in [6, 6.07) is 8.67. The van der Waals surface area contributed by atoms with Crippen LogP contribution in [-0.4, -0.2) is 0 Å². The number of benzene rings is 2. The van der Waals surface area contributed by atoms with E-state index >= 15 is 0 Å². The van der Waals surface area contributed by atoms with Gasteiger partial charge in [-0.3, -0.25) is 0 Å². The highest BCUT2D eigenvalue weighted by Gasteiger charge is 2.07. The van der Waals surface area contributed by atoms with Gasteiger partial charge in [-0.2, -0.15) is 0 Å². The highest BCUT2D eigenvalue weighted by atomic mass is 35.5. The molecule has 0 saturated heterocycles. The standard InChI is InChI=1S/C13H9Cl2F2N/c14-10-5-4-9(16)6-12(10)18-7-8-2-1-3-11(15)13(8)17/h1-6,18H,7H2. The van der Waals surface area contributed by atoms with E-state index in [1.165, 1.54) is 24.3 Å². The number of nitrogens with one attached hydrogen (secondary N) is 1. The van der Waals surface area contributed by atoms with Crippen molar-refractivity contribution in [3.8, 4) is 0 Å². The first-order valence-electron chi connectivity index (χ1n) is 5.20. The molecule has 0 aliphatic heterocycles. The molecule has 0 fully saturated rings. The average molecular weight is 288 g/mol. The summed E-state index contributed by atoms with van der Waals surface area (Å²) in [6.07, 6.45) is 0. The quantitative estimate of drug-likeness (QED) is 0.848. The third-order valence-electron chi connectivity index (χ3n) is 2.43. The lowest BCUT2D eigenvalue weighted by Crippen LogP contribution is -2.02. The number of rotatable bonds is 3. The van der Waals surface area contributed by atoms with E-state index in [1.807, 2.05) is 0 Å². The summed E-state index contributed by atoms with van der Waals surface area (Å²) in [5.41, 5.74) is 0.805. The Kier molecular flexibility index (Phi) is 4.04. The van der Waals surface area contributed by atoms with Crippen LogP contribution in [0.1, 0.15) is 5.56 Å². The molecule has 0 heterocycles. The van der Waals surface area contributed by atoms with Crippen molar-refractivity contribution < 1.29 is 8.78 Å². The Labute approximate surface area is 113 Å². The molecule has 2 aromatic rings. The number of hydrogen-bond acceptors (Lipinski definition) is 1. The van der Waals surface area contributed by atoms with Crippen molar-refractivity contribution in [2.45, 2.75) is 6.54 Å². The second-order valence-electron chi connectivity index (χ2n) is 3.69. The minimum atomic E-state index is -0.487. The lowest BCUT2D eigenvalue weighted by atomic mass is 10.2. The Morgan fingerprint density at radius 3 is 2.56 bits per heavy atom. The van der Waals surface area contributed by atoms with Gasteiger partial charge in [-0.1, -0.05) is 35.3 Å². The number of anilines is 1. The van der Waals surface area contributed by atoms with E-state index in [2.05, 4.69) is 5.32 Å². The summed E-state index contributed by atoms with van der Waals surface area (Å²) in [7, 11) is 0. The largest absolute Gasteiger partial charge is 0.380 e. The molecule has 0 aromatic heterocycles. The van der Waals surface area contributed by atoms with Crippen molar-refractivity contribution in [1.82, 2.24) is 0 Å². The summed E-state index contributed by atoms with van der Waals surface area (Å²) < 4.78 is 26.6. The molecule has 0 aliphatic rings. The van der Waals surface area contributed by atoms with Gasteiger partial charge in [0.25, 0.3) is 0 Å². The van der Waals surface area contributed by atoms with Crippen molar-refractivity contribution in [1.29, 1.82) is 0 Å². The minimum Gasteiger partial charge on any atom is -0.380 e. The van der Waals surface area contributed by atoms with Crippen LogP contribution in [0.4, 0.5) is 14.5 Å². The molecule has 0 unspecified atom stereocenters. The SMILES string of the molecule is Fc1ccc(Cl)c(NCc2cccc(Cl)c2F)c1. The van der Waals surface area contributed by atoms with E-state index in [0.29, 0.717) is 16.3 Å². The van der Waals surface area contributed by atoms with E-state index in [9.17, 15) is 8.78 Å². The van der Waals surface area contributed by atoms with Gasteiger partial charge in [-0.05, 0) is 24.3 Å². The molecule has 2 rings (SSSR count). The van der Waals surface area contributed by atoms with Crippen LogP contribution >= 0.6 is 23.2 Å². The van der Waals surface area contributed by atoms with Crippen molar-refractivity contribution in [3.63, 3.8) is 0 Å². The zero-order valence-corrected chi connectivity index (χ0v) is 10.7. The molecule has 0 amide bonds. The molecule has 0 atom stereocenters. The zero-order valence-electron chi connectivity index (χ0n) is 9.18. The van der Waals surface area contributed by atoms with Crippen LogP contribution in [0.15, 0.2) is 36.4 Å². The van der Waals surface area contributed by atoms with Gasteiger partial charge in [0.2, 0.25) is 0 Å². The van der Waals surface area contributed by atoms with Crippen molar-refractivity contribution in [2.75, 3.05) is 5.32 Å². The van der Waals surface area contributed by atoms with Gasteiger partial charge in [-0.15, -0.1) is 0 Å². The van der Waals surface area contributed by atoms with Crippen LogP contribution in [0, 0.1) is 11.6 Å². The highest BCUT2D eigenvalue weighted by Crippen LogP contribution is 2.24. The Bertz CT molecular complexity index is 571. The van der Waals surface area contributed by atoms with Gasteiger partial charge in [0.05, 0.1) is 15.7 Å². The zero-order chi connectivity index (χ0) is 13.1. The maximum atomic E-state index is 13.6. The molecular weight excluding hydrogens is 279 g/mol. The Morgan fingerprint density at radius 1 is 1.00 bits per heavy atom. The van der Waals surface area contributed by atoms with Crippen LogP contribution in [0.3, 0.4) is 0 Å². The lowest BCUT2D eigenvalue weighted by molar-refractivity contribution is 0.613. The summed E-state index contributed by atoms with van der Waals surface area (Å²) in [5.74, 6) is -0.896. The van der Waals surface area contributed by atoms with Gasteiger partial charge in [0.15, 0.2) is 0 Å². The van der Waals surface area contributed by atoms with Crippen LogP contribution < -0.4 is 5.32 Å². The second-order valence-corrected chi connectivity index (χ2v) is 4.51. The lowest BCUT2D eigenvalue weighted by Gasteiger charge is -2.09. The summed E-state index contributed by atoms with van der Waals surface area (Å²) in [6.45, 7) is 0.176. The maximum Gasteiger partial charge on any atom is 0.146 e. The molecule has 1 nitrogen and oxygen atoms in total. The summed E-state index contributed by atoms with van der Waals surface area (Å²) in [4.78, 5) is 0.